The monoisotopic (exact) mass is 367 g/mol. The highest BCUT2D eigenvalue weighted by Gasteiger charge is 2.25. The van der Waals surface area contributed by atoms with E-state index in [4.69, 9.17) is 20.6 Å². The summed E-state index contributed by atoms with van der Waals surface area (Å²) in [5, 5.41) is 9.60. The van der Waals surface area contributed by atoms with E-state index in [2.05, 4.69) is 10.1 Å². The van der Waals surface area contributed by atoms with Gasteiger partial charge in [-0.15, -0.1) is 0 Å². The number of aromatic nitrogens is 6. The van der Waals surface area contributed by atoms with E-state index in [0.29, 0.717) is 11.7 Å². The third-order valence-electron chi connectivity index (χ3n) is 4.52. The Morgan fingerprint density at radius 1 is 1.31 bits per heavy atom. The highest BCUT2D eigenvalue weighted by molar-refractivity contribution is 7.22. The SMILES string of the molecule is Cn1cc(-n2nc(C3CCOC3)nc2-c2ccc3sc(N)nc3c2)cn1. The van der Waals surface area contributed by atoms with Crippen molar-refractivity contribution in [2.45, 2.75) is 12.3 Å². The summed E-state index contributed by atoms with van der Waals surface area (Å²) in [6, 6.07) is 6.07. The first-order valence-electron chi connectivity index (χ1n) is 8.37. The molecule has 1 unspecified atom stereocenters. The van der Waals surface area contributed by atoms with Crippen molar-refractivity contribution in [3.05, 3.63) is 36.4 Å². The largest absolute Gasteiger partial charge is 0.381 e. The second-order valence-electron chi connectivity index (χ2n) is 6.37. The first-order valence-corrected chi connectivity index (χ1v) is 9.19. The first-order chi connectivity index (χ1) is 12.7. The van der Waals surface area contributed by atoms with E-state index < -0.39 is 0 Å². The van der Waals surface area contributed by atoms with E-state index in [1.807, 2.05) is 36.1 Å². The third-order valence-corrected chi connectivity index (χ3v) is 5.38. The van der Waals surface area contributed by atoms with Crippen LogP contribution in [0.25, 0.3) is 27.3 Å². The van der Waals surface area contributed by atoms with Crippen LogP contribution in [0.3, 0.4) is 0 Å². The Labute approximate surface area is 153 Å². The Morgan fingerprint density at radius 3 is 3.00 bits per heavy atom. The summed E-state index contributed by atoms with van der Waals surface area (Å²) in [6.07, 6.45) is 4.65. The summed E-state index contributed by atoms with van der Waals surface area (Å²) in [5.74, 6) is 1.80. The van der Waals surface area contributed by atoms with Gasteiger partial charge in [0.25, 0.3) is 0 Å². The smallest absolute Gasteiger partial charge is 0.181 e. The average molecular weight is 367 g/mol. The molecule has 1 aliphatic rings. The molecule has 1 aromatic carbocycles. The Bertz CT molecular complexity index is 1090. The standard InChI is InChI=1S/C17H17N7OS/c1-23-8-12(7-19-23)24-16(21-15(22-24)11-4-5-25-9-11)10-2-3-14-13(6-10)20-17(18)26-14/h2-3,6-8,11H,4-5,9H2,1H3,(H2,18,20). The number of thiazole rings is 1. The van der Waals surface area contributed by atoms with Gasteiger partial charge in [-0.2, -0.15) is 10.2 Å². The number of rotatable bonds is 3. The van der Waals surface area contributed by atoms with E-state index in [-0.39, 0.29) is 5.92 Å². The third kappa shape index (κ3) is 2.56. The lowest BCUT2D eigenvalue weighted by atomic mass is 10.1. The minimum atomic E-state index is 0.227. The van der Waals surface area contributed by atoms with Gasteiger partial charge in [-0.1, -0.05) is 11.3 Å². The molecule has 26 heavy (non-hydrogen) atoms. The quantitative estimate of drug-likeness (QED) is 0.597. The van der Waals surface area contributed by atoms with Crippen LogP contribution in [-0.4, -0.2) is 42.7 Å². The van der Waals surface area contributed by atoms with Crippen molar-refractivity contribution in [3.63, 3.8) is 0 Å². The van der Waals surface area contributed by atoms with Gasteiger partial charge in [-0.05, 0) is 24.6 Å². The number of anilines is 1. The number of nitrogen functional groups attached to an aromatic ring is 1. The number of hydrogen-bond acceptors (Lipinski definition) is 7. The predicted molar refractivity (Wildman–Crippen MR) is 99.3 cm³/mol. The number of nitrogens with zero attached hydrogens (tertiary/aromatic N) is 6. The minimum Gasteiger partial charge on any atom is -0.381 e. The van der Waals surface area contributed by atoms with Crippen molar-refractivity contribution in [1.29, 1.82) is 0 Å². The topological polar surface area (TPSA) is 96.7 Å². The Hall–Kier alpha value is -2.78. The Balaban J connectivity index is 1.67. The highest BCUT2D eigenvalue weighted by atomic mass is 32.1. The molecule has 4 heterocycles. The number of hydrogen-bond donors (Lipinski definition) is 1. The fourth-order valence-electron chi connectivity index (χ4n) is 3.21. The van der Waals surface area contributed by atoms with Crippen LogP contribution in [0.2, 0.25) is 0 Å². The molecular weight excluding hydrogens is 350 g/mol. The summed E-state index contributed by atoms with van der Waals surface area (Å²) in [7, 11) is 1.88. The van der Waals surface area contributed by atoms with Crippen LogP contribution >= 0.6 is 11.3 Å². The molecule has 0 spiro atoms. The zero-order valence-electron chi connectivity index (χ0n) is 14.2. The maximum atomic E-state index is 5.84. The second kappa shape index (κ2) is 5.89. The van der Waals surface area contributed by atoms with Crippen LogP contribution in [-0.2, 0) is 11.8 Å². The molecule has 5 rings (SSSR count). The molecule has 1 aliphatic heterocycles. The van der Waals surface area contributed by atoms with E-state index in [9.17, 15) is 0 Å². The molecule has 0 amide bonds. The fraction of sp³-hybridized carbons (Fsp3) is 0.294. The summed E-state index contributed by atoms with van der Waals surface area (Å²) in [5.41, 5.74) is 8.53. The van der Waals surface area contributed by atoms with Crippen molar-refractivity contribution >= 4 is 26.7 Å². The predicted octanol–water partition coefficient (Wildman–Crippen LogP) is 2.36. The van der Waals surface area contributed by atoms with E-state index in [1.54, 1.807) is 10.9 Å². The van der Waals surface area contributed by atoms with Gasteiger partial charge in [0.1, 0.15) is 5.69 Å². The van der Waals surface area contributed by atoms with E-state index in [0.717, 1.165) is 46.1 Å². The van der Waals surface area contributed by atoms with Gasteiger partial charge in [0.2, 0.25) is 0 Å². The Kier molecular flexibility index (Phi) is 3.50. The van der Waals surface area contributed by atoms with E-state index in [1.165, 1.54) is 11.3 Å². The number of fused-ring (bicyclic) bond motifs is 1. The van der Waals surface area contributed by atoms with Gasteiger partial charge in [-0.25, -0.2) is 14.6 Å². The molecule has 9 heteroatoms. The lowest BCUT2D eigenvalue weighted by Crippen LogP contribution is -2.02. The minimum absolute atomic E-state index is 0.227. The summed E-state index contributed by atoms with van der Waals surface area (Å²) in [4.78, 5) is 9.23. The van der Waals surface area contributed by atoms with Crippen LogP contribution in [0.4, 0.5) is 5.13 Å². The van der Waals surface area contributed by atoms with Gasteiger partial charge in [-0.3, -0.25) is 4.68 Å². The molecule has 0 saturated carbocycles. The van der Waals surface area contributed by atoms with Crippen molar-refractivity contribution < 1.29 is 4.74 Å². The number of aryl methyl sites for hydroxylation is 1. The normalized spacial score (nSPS) is 17.3. The summed E-state index contributed by atoms with van der Waals surface area (Å²) < 4.78 is 10.2. The maximum Gasteiger partial charge on any atom is 0.181 e. The van der Waals surface area contributed by atoms with Crippen molar-refractivity contribution in [1.82, 2.24) is 29.5 Å². The van der Waals surface area contributed by atoms with Gasteiger partial charge in [0.05, 0.1) is 29.2 Å². The summed E-state index contributed by atoms with van der Waals surface area (Å²) in [6.45, 7) is 1.42. The Morgan fingerprint density at radius 2 is 2.23 bits per heavy atom. The zero-order chi connectivity index (χ0) is 17.7. The molecule has 132 valence electrons. The van der Waals surface area contributed by atoms with Crippen LogP contribution in [0.1, 0.15) is 18.2 Å². The van der Waals surface area contributed by atoms with Crippen LogP contribution in [0.15, 0.2) is 30.6 Å². The molecule has 0 aliphatic carbocycles. The van der Waals surface area contributed by atoms with Crippen molar-refractivity contribution in [2.24, 2.45) is 7.05 Å². The second-order valence-corrected chi connectivity index (χ2v) is 7.43. The van der Waals surface area contributed by atoms with Crippen LogP contribution < -0.4 is 5.73 Å². The number of benzene rings is 1. The summed E-state index contributed by atoms with van der Waals surface area (Å²) >= 11 is 1.48. The molecular formula is C17H17N7OS. The molecule has 2 N–H and O–H groups in total. The fourth-order valence-corrected chi connectivity index (χ4v) is 3.92. The zero-order valence-corrected chi connectivity index (χ0v) is 15.0. The van der Waals surface area contributed by atoms with E-state index >= 15 is 0 Å². The van der Waals surface area contributed by atoms with Crippen LogP contribution in [0, 0.1) is 0 Å². The number of nitrogens with two attached hydrogens (primary N) is 1. The average Bonchev–Trinajstić information content (AvgIpc) is 3.39. The first kappa shape index (κ1) is 15.5. The molecule has 0 radical (unpaired) electrons. The molecule has 1 atom stereocenters. The molecule has 0 bridgehead atoms. The van der Waals surface area contributed by atoms with Crippen molar-refractivity contribution in [3.8, 4) is 17.1 Å². The maximum absolute atomic E-state index is 5.84. The molecule has 3 aromatic heterocycles. The van der Waals surface area contributed by atoms with Gasteiger partial charge < -0.3 is 10.5 Å². The molecule has 1 saturated heterocycles. The lowest BCUT2D eigenvalue weighted by molar-refractivity contribution is 0.193. The van der Waals surface area contributed by atoms with Gasteiger partial charge >= 0.3 is 0 Å². The number of ether oxygens (including phenoxy) is 1. The van der Waals surface area contributed by atoms with Gasteiger partial charge in [0, 0.05) is 25.1 Å². The van der Waals surface area contributed by atoms with Gasteiger partial charge in [0.15, 0.2) is 16.8 Å². The van der Waals surface area contributed by atoms with Crippen LogP contribution in [0.5, 0.6) is 0 Å². The highest BCUT2D eigenvalue weighted by Crippen LogP contribution is 2.31. The molecule has 4 aromatic rings. The molecule has 8 nitrogen and oxygen atoms in total. The lowest BCUT2D eigenvalue weighted by Gasteiger charge is -2.03. The molecule has 1 fully saturated rings. The van der Waals surface area contributed by atoms with Crippen molar-refractivity contribution in [2.75, 3.05) is 18.9 Å².